The number of benzene rings is 3. The predicted molar refractivity (Wildman–Crippen MR) is 124 cm³/mol. The van der Waals surface area contributed by atoms with Gasteiger partial charge in [0.2, 0.25) is 11.8 Å². The molecule has 0 saturated heterocycles. The van der Waals surface area contributed by atoms with E-state index in [-0.39, 0.29) is 11.8 Å². The number of hydrogen-bond acceptors (Lipinski definition) is 4. The Morgan fingerprint density at radius 1 is 0.938 bits per heavy atom. The van der Waals surface area contributed by atoms with E-state index in [0.717, 1.165) is 11.1 Å². The molecule has 166 valence electrons. The second-order valence-corrected chi connectivity index (χ2v) is 7.61. The molecule has 2 N–H and O–H groups in total. The van der Waals surface area contributed by atoms with Crippen LogP contribution in [-0.2, 0) is 22.6 Å². The number of amides is 2. The van der Waals surface area contributed by atoms with E-state index in [2.05, 4.69) is 10.6 Å². The third kappa shape index (κ3) is 6.75. The number of methoxy groups -OCH3 is 1. The summed E-state index contributed by atoms with van der Waals surface area (Å²) in [7, 11) is 1.57. The summed E-state index contributed by atoms with van der Waals surface area (Å²) in [6, 6.07) is 21.4. The number of carbonyl (C=O) groups excluding carboxylic acids is 2. The summed E-state index contributed by atoms with van der Waals surface area (Å²) in [6.07, 6.45) is 0.418. The number of hydrogen-bond donors (Lipinski definition) is 2. The van der Waals surface area contributed by atoms with Gasteiger partial charge in [0.25, 0.3) is 0 Å². The van der Waals surface area contributed by atoms with E-state index in [1.165, 1.54) is 6.92 Å². The molecule has 0 aliphatic carbocycles. The van der Waals surface area contributed by atoms with E-state index in [9.17, 15) is 9.59 Å². The van der Waals surface area contributed by atoms with Crippen LogP contribution in [0.4, 0.5) is 0 Å². The van der Waals surface area contributed by atoms with E-state index in [1.54, 1.807) is 37.4 Å². The molecule has 3 aromatic carbocycles. The fraction of sp³-hybridized carbons (Fsp3) is 0.200. The maximum Gasteiger partial charge on any atom is 0.243 e. The molecule has 0 saturated carbocycles. The number of rotatable bonds is 9. The van der Waals surface area contributed by atoms with Crippen LogP contribution in [0.15, 0.2) is 72.8 Å². The summed E-state index contributed by atoms with van der Waals surface area (Å²) in [5, 5.41) is 6.06. The predicted octanol–water partition coefficient (Wildman–Crippen LogP) is 4.50. The number of carbonyl (C=O) groups is 2. The van der Waals surface area contributed by atoms with Gasteiger partial charge in [-0.3, -0.25) is 9.59 Å². The summed E-state index contributed by atoms with van der Waals surface area (Å²) < 4.78 is 11.0. The van der Waals surface area contributed by atoms with E-state index in [0.29, 0.717) is 35.2 Å². The van der Waals surface area contributed by atoms with Crippen molar-refractivity contribution >= 4 is 23.4 Å². The summed E-state index contributed by atoms with van der Waals surface area (Å²) in [5.41, 5.74) is 1.87. The third-order valence-corrected chi connectivity index (χ3v) is 5.03. The Labute approximate surface area is 192 Å². The highest BCUT2D eigenvalue weighted by atomic mass is 35.5. The number of nitrogens with one attached hydrogen (secondary N) is 2. The van der Waals surface area contributed by atoms with Crippen molar-refractivity contribution in [2.24, 2.45) is 0 Å². The van der Waals surface area contributed by atoms with Gasteiger partial charge in [-0.05, 0) is 35.4 Å². The Morgan fingerprint density at radius 3 is 2.25 bits per heavy atom. The fourth-order valence-corrected chi connectivity index (χ4v) is 3.32. The summed E-state index contributed by atoms with van der Waals surface area (Å²) in [5.74, 6) is 1.30. The van der Waals surface area contributed by atoms with Gasteiger partial charge in [0.05, 0.1) is 12.1 Å². The zero-order valence-corrected chi connectivity index (χ0v) is 18.7. The van der Waals surface area contributed by atoms with E-state index in [1.807, 2.05) is 42.5 Å². The monoisotopic (exact) mass is 452 g/mol. The van der Waals surface area contributed by atoms with Crippen LogP contribution >= 0.6 is 11.6 Å². The molecule has 1 unspecified atom stereocenters. The van der Waals surface area contributed by atoms with E-state index in [4.69, 9.17) is 21.1 Å². The lowest BCUT2D eigenvalue weighted by Crippen LogP contribution is -2.47. The van der Waals surface area contributed by atoms with Crippen molar-refractivity contribution in [3.05, 3.63) is 88.9 Å². The van der Waals surface area contributed by atoms with Crippen LogP contribution in [0.1, 0.15) is 18.1 Å². The highest BCUT2D eigenvalue weighted by Crippen LogP contribution is 2.32. The van der Waals surface area contributed by atoms with Crippen LogP contribution in [-0.4, -0.2) is 25.0 Å². The van der Waals surface area contributed by atoms with Gasteiger partial charge in [0, 0.05) is 26.0 Å². The SMILES string of the molecule is COc1ccc(Oc2ccc(CNC(=O)C(Cc3ccccc3)NC(C)=O)cc2)c(Cl)c1. The van der Waals surface area contributed by atoms with Crippen LogP contribution in [0.2, 0.25) is 5.02 Å². The van der Waals surface area contributed by atoms with E-state index < -0.39 is 6.04 Å². The molecule has 1 atom stereocenters. The molecule has 0 aliphatic rings. The number of ether oxygens (including phenoxy) is 2. The van der Waals surface area contributed by atoms with Crippen LogP contribution in [0.25, 0.3) is 0 Å². The molecule has 0 aliphatic heterocycles. The van der Waals surface area contributed by atoms with Crippen molar-refractivity contribution < 1.29 is 19.1 Å². The second kappa shape index (κ2) is 11.2. The molecule has 0 heterocycles. The first-order valence-corrected chi connectivity index (χ1v) is 10.5. The summed E-state index contributed by atoms with van der Waals surface area (Å²) >= 11 is 6.22. The van der Waals surface area contributed by atoms with Gasteiger partial charge >= 0.3 is 0 Å². The molecule has 32 heavy (non-hydrogen) atoms. The Morgan fingerprint density at radius 2 is 1.62 bits per heavy atom. The molecule has 6 nitrogen and oxygen atoms in total. The van der Waals surface area contributed by atoms with Crippen molar-refractivity contribution in [1.29, 1.82) is 0 Å². The van der Waals surface area contributed by atoms with Crippen molar-refractivity contribution in [1.82, 2.24) is 10.6 Å². The average molecular weight is 453 g/mol. The first kappa shape index (κ1) is 23.2. The maximum absolute atomic E-state index is 12.7. The van der Waals surface area contributed by atoms with Crippen molar-refractivity contribution in [3.63, 3.8) is 0 Å². The molecule has 0 radical (unpaired) electrons. The minimum atomic E-state index is -0.644. The highest BCUT2D eigenvalue weighted by molar-refractivity contribution is 6.32. The smallest absolute Gasteiger partial charge is 0.243 e. The van der Waals surface area contributed by atoms with E-state index >= 15 is 0 Å². The van der Waals surface area contributed by atoms with Crippen LogP contribution in [0.5, 0.6) is 17.2 Å². The van der Waals surface area contributed by atoms with Crippen molar-refractivity contribution in [3.8, 4) is 17.2 Å². The molecule has 3 aromatic rings. The van der Waals surface area contributed by atoms with Crippen LogP contribution in [0, 0.1) is 0 Å². The standard InChI is InChI=1S/C25H25ClN2O4/c1-17(29)28-23(14-18-6-4-3-5-7-18)25(30)27-16-19-8-10-20(11-9-19)32-24-13-12-21(31-2)15-22(24)26/h3-13,15,23H,14,16H2,1-2H3,(H,27,30)(H,28,29). The Kier molecular flexibility index (Phi) is 8.11. The quantitative estimate of drug-likeness (QED) is 0.501. The number of halogens is 1. The van der Waals surface area contributed by atoms with Crippen LogP contribution < -0.4 is 20.1 Å². The third-order valence-electron chi connectivity index (χ3n) is 4.73. The summed E-state index contributed by atoms with van der Waals surface area (Å²) in [6.45, 7) is 1.73. The zero-order valence-electron chi connectivity index (χ0n) is 17.9. The molecule has 2 amide bonds. The molecule has 3 rings (SSSR count). The topological polar surface area (TPSA) is 76.7 Å². The highest BCUT2D eigenvalue weighted by Gasteiger charge is 2.19. The van der Waals surface area contributed by atoms with Gasteiger partial charge in [-0.2, -0.15) is 0 Å². The van der Waals surface area contributed by atoms with Gasteiger partial charge in [0.1, 0.15) is 23.3 Å². The van der Waals surface area contributed by atoms with Gasteiger partial charge in [-0.25, -0.2) is 0 Å². The molecule has 0 bridgehead atoms. The molecule has 0 aromatic heterocycles. The lowest BCUT2D eigenvalue weighted by Gasteiger charge is -2.18. The first-order chi connectivity index (χ1) is 15.4. The Bertz CT molecular complexity index is 1060. The van der Waals surface area contributed by atoms with Crippen molar-refractivity contribution in [2.45, 2.75) is 25.9 Å². The first-order valence-electron chi connectivity index (χ1n) is 10.1. The Balaban J connectivity index is 1.58. The fourth-order valence-electron chi connectivity index (χ4n) is 3.11. The Hall–Kier alpha value is -3.51. The van der Waals surface area contributed by atoms with Crippen LogP contribution in [0.3, 0.4) is 0 Å². The lowest BCUT2D eigenvalue weighted by molar-refractivity contribution is -0.128. The van der Waals surface area contributed by atoms with Gasteiger partial charge in [-0.15, -0.1) is 0 Å². The molecular formula is C25H25ClN2O4. The van der Waals surface area contributed by atoms with Gasteiger partial charge < -0.3 is 20.1 Å². The lowest BCUT2D eigenvalue weighted by atomic mass is 10.1. The van der Waals surface area contributed by atoms with Gasteiger partial charge in [-0.1, -0.05) is 54.1 Å². The maximum atomic E-state index is 12.7. The largest absolute Gasteiger partial charge is 0.497 e. The molecular weight excluding hydrogens is 428 g/mol. The minimum Gasteiger partial charge on any atom is -0.497 e. The second-order valence-electron chi connectivity index (χ2n) is 7.20. The van der Waals surface area contributed by atoms with Gasteiger partial charge in [0.15, 0.2) is 0 Å². The zero-order chi connectivity index (χ0) is 22.9. The normalized spacial score (nSPS) is 11.3. The van der Waals surface area contributed by atoms with Crippen molar-refractivity contribution in [2.75, 3.05) is 7.11 Å². The molecule has 7 heteroatoms. The molecule has 0 spiro atoms. The molecule has 0 fully saturated rings. The summed E-state index contributed by atoms with van der Waals surface area (Å²) in [4.78, 5) is 24.2. The minimum absolute atomic E-state index is 0.241. The average Bonchev–Trinajstić information content (AvgIpc) is 2.79.